The summed E-state index contributed by atoms with van der Waals surface area (Å²) in [6.07, 6.45) is 0. The van der Waals surface area contributed by atoms with Gasteiger partial charge >= 0.3 is 0 Å². The van der Waals surface area contributed by atoms with Crippen LogP contribution >= 0.6 is 0 Å². The first-order valence-corrected chi connectivity index (χ1v) is 7.90. The minimum atomic E-state index is -3.71. The molecule has 0 spiro atoms. The minimum absolute atomic E-state index is 0.0651. The van der Waals surface area contributed by atoms with Crippen molar-refractivity contribution in [3.8, 4) is 0 Å². The fourth-order valence-electron chi connectivity index (χ4n) is 1.70. The summed E-state index contributed by atoms with van der Waals surface area (Å²) in [7, 11) is -3.71. The van der Waals surface area contributed by atoms with Crippen molar-refractivity contribution < 1.29 is 13.2 Å². The first kappa shape index (κ1) is 16.6. The van der Waals surface area contributed by atoms with Crippen LogP contribution in [0.3, 0.4) is 0 Å². The number of hydrogen-bond acceptors (Lipinski definition) is 4. The van der Waals surface area contributed by atoms with Gasteiger partial charge in [0.25, 0.3) is 0 Å². The second kappa shape index (κ2) is 6.83. The highest BCUT2D eigenvalue weighted by molar-refractivity contribution is 7.89. The number of primary sulfonamides is 1. The summed E-state index contributed by atoms with van der Waals surface area (Å²) in [6, 6.07) is 6.29. The van der Waals surface area contributed by atoms with Crippen LogP contribution in [0.1, 0.15) is 32.4 Å². The molecule has 1 rings (SSSR count). The van der Waals surface area contributed by atoms with Crippen LogP contribution in [0.25, 0.3) is 0 Å². The molecule has 0 fully saturated rings. The van der Waals surface area contributed by atoms with E-state index in [1.165, 1.54) is 12.1 Å². The molecule has 1 amide bonds. The van der Waals surface area contributed by atoms with Crippen LogP contribution in [0, 0.1) is 0 Å². The number of sulfonamides is 1. The lowest BCUT2D eigenvalue weighted by Crippen LogP contribution is -2.38. The molecule has 0 aliphatic carbocycles. The zero-order valence-electron chi connectivity index (χ0n) is 11.9. The van der Waals surface area contributed by atoms with Crippen molar-refractivity contribution in [2.24, 2.45) is 5.14 Å². The average molecular weight is 299 g/mol. The van der Waals surface area contributed by atoms with Gasteiger partial charge in [-0.1, -0.05) is 12.1 Å². The molecule has 1 aromatic carbocycles. The normalized spacial score (nSPS) is 13.2. The molecule has 1 aromatic rings. The van der Waals surface area contributed by atoms with Crippen molar-refractivity contribution in [2.75, 3.05) is 6.54 Å². The first-order valence-electron chi connectivity index (χ1n) is 6.35. The summed E-state index contributed by atoms with van der Waals surface area (Å²) in [5.41, 5.74) is 0.758. The van der Waals surface area contributed by atoms with Crippen molar-refractivity contribution in [3.63, 3.8) is 0 Å². The van der Waals surface area contributed by atoms with Gasteiger partial charge in [0.2, 0.25) is 15.9 Å². The number of nitrogens with two attached hydrogens (primary N) is 1. The molecule has 7 heteroatoms. The van der Waals surface area contributed by atoms with Crippen molar-refractivity contribution in [1.82, 2.24) is 10.6 Å². The second-order valence-electron chi connectivity index (χ2n) is 4.94. The molecule has 0 bridgehead atoms. The zero-order chi connectivity index (χ0) is 15.3. The molecule has 0 aliphatic rings. The Labute approximate surface area is 119 Å². The molecular formula is C13H21N3O3S. The molecule has 0 saturated carbocycles. The summed E-state index contributed by atoms with van der Waals surface area (Å²) in [5.74, 6) is -0.102. The van der Waals surface area contributed by atoms with Gasteiger partial charge in [-0.25, -0.2) is 13.6 Å². The molecule has 6 nitrogen and oxygen atoms in total. The fourth-order valence-corrected chi connectivity index (χ4v) is 2.27. The van der Waals surface area contributed by atoms with E-state index in [0.29, 0.717) is 0 Å². The third-order valence-electron chi connectivity index (χ3n) is 2.71. The van der Waals surface area contributed by atoms with E-state index in [1.54, 1.807) is 12.1 Å². The molecule has 0 aromatic heterocycles. The van der Waals surface area contributed by atoms with E-state index in [0.717, 1.165) is 5.56 Å². The third kappa shape index (κ3) is 5.28. The van der Waals surface area contributed by atoms with Crippen LogP contribution in [-0.2, 0) is 14.8 Å². The molecule has 1 atom stereocenters. The Bertz CT molecular complexity index is 570. The van der Waals surface area contributed by atoms with E-state index in [-0.39, 0.29) is 29.4 Å². The van der Waals surface area contributed by atoms with E-state index < -0.39 is 10.0 Å². The number of rotatable bonds is 6. The third-order valence-corrected chi connectivity index (χ3v) is 3.62. The largest absolute Gasteiger partial charge is 0.353 e. The highest BCUT2D eigenvalue weighted by Gasteiger charge is 2.12. The number of benzene rings is 1. The highest BCUT2D eigenvalue weighted by atomic mass is 32.2. The highest BCUT2D eigenvalue weighted by Crippen LogP contribution is 2.16. The van der Waals surface area contributed by atoms with Crippen molar-refractivity contribution in [3.05, 3.63) is 29.8 Å². The number of amides is 1. The van der Waals surface area contributed by atoms with Crippen molar-refractivity contribution >= 4 is 15.9 Å². The summed E-state index contributed by atoms with van der Waals surface area (Å²) in [6.45, 7) is 5.79. The van der Waals surface area contributed by atoms with Gasteiger partial charge in [-0.15, -0.1) is 0 Å². The summed E-state index contributed by atoms with van der Waals surface area (Å²) in [5, 5.41) is 10.9. The lowest BCUT2D eigenvalue weighted by atomic mass is 10.1. The molecule has 0 radical (unpaired) electrons. The molecule has 0 aliphatic heterocycles. The molecule has 112 valence electrons. The smallest absolute Gasteiger partial charge is 0.238 e. The van der Waals surface area contributed by atoms with Crippen LogP contribution in [0.15, 0.2) is 29.2 Å². The summed E-state index contributed by atoms with van der Waals surface area (Å²) < 4.78 is 22.6. The van der Waals surface area contributed by atoms with Gasteiger partial charge in [0.05, 0.1) is 11.4 Å². The van der Waals surface area contributed by atoms with E-state index >= 15 is 0 Å². The number of carbonyl (C=O) groups excluding carboxylic acids is 1. The molecule has 20 heavy (non-hydrogen) atoms. The quantitative estimate of drug-likeness (QED) is 0.712. The van der Waals surface area contributed by atoms with E-state index in [9.17, 15) is 13.2 Å². The predicted octanol–water partition coefficient (Wildman–Crippen LogP) is 0.509. The van der Waals surface area contributed by atoms with Crippen LogP contribution in [-0.4, -0.2) is 26.9 Å². The molecule has 4 N–H and O–H groups in total. The van der Waals surface area contributed by atoms with Crippen LogP contribution in [0.4, 0.5) is 0 Å². The monoisotopic (exact) mass is 299 g/mol. The predicted molar refractivity (Wildman–Crippen MR) is 77.5 cm³/mol. The number of hydrogen-bond donors (Lipinski definition) is 3. The van der Waals surface area contributed by atoms with Gasteiger partial charge in [0, 0.05) is 12.1 Å². The standard InChI is InChI=1S/C13H21N3O3S/c1-9(2)16-13(17)8-15-10(3)11-5-4-6-12(7-11)20(14,18)19/h4-7,9-10,15H,8H2,1-3H3,(H,16,17)(H2,14,18,19). The molecule has 0 heterocycles. The van der Waals surface area contributed by atoms with E-state index in [4.69, 9.17) is 5.14 Å². The van der Waals surface area contributed by atoms with Gasteiger partial charge in [-0.05, 0) is 38.5 Å². The van der Waals surface area contributed by atoms with E-state index in [2.05, 4.69) is 10.6 Å². The lowest BCUT2D eigenvalue weighted by Gasteiger charge is -2.15. The Morgan fingerprint density at radius 3 is 2.50 bits per heavy atom. The van der Waals surface area contributed by atoms with Gasteiger partial charge in [0.15, 0.2) is 0 Å². The van der Waals surface area contributed by atoms with Gasteiger partial charge < -0.3 is 10.6 Å². The Morgan fingerprint density at radius 2 is 1.95 bits per heavy atom. The lowest BCUT2D eigenvalue weighted by molar-refractivity contribution is -0.120. The van der Waals surface area contributed by atoms with Crippen LogP contribution in [0.5, 0.6) is 0 Å². The van der Waals surface area contributed by atoms with Crippen molar-refractivity contribution in [2.45, 2.75) is 37.8 Å². The average Bonchev–Trinajstić information content (AvgIpc) is 2.34. The van der Waals surface area contributed by atoms with Gasteiger partial charge in [0.1, 0.15) is 0 Å². The van der Waals surface area contributed by atoms with Crippen molar-refractivity contribution in [1.29, 1.82) is 0 Å². The first-order chi connectivity index (χ1) is 9.20. The zero-order valence-corrected chi connectivity index (χ0v) is 12.7. The SMILES string of the molecule is CC(C)NC(=O)CNC(C)c1cccc(S(N)(=O)=O)c1. The second-order valence-corrected chi connectivity index (χ2v) is 6.50. The Kier molecular flexibility index (Phi) is 5.67. The molecular weight excluding hydrogens is 278 g/mol. The number of carbonyl (C=O) groups is 1. The maximum absolute atomic E-state index is 11.5. The summed E-state index contributed by atoms with van der Waals surface area (Å²) >= 11 is 0. The van der Waals surface area contributed by atoms with Gasteiger partial charge in [-0.2, -0.15) is 0 Å². The maximum Gasteiger partial charge on any atom is 0.238 e. The van der Waals surface area contributed by atoms with Crippen LogP contribution < -0.4 is 15.8 Å². The topological polar surface area (TPSA) is 101 Å². The number of nitrogens with one attached hydrogen (secondary N) is 2. The molecule has 0 saturated heterocycles. The Hall–Kier alpha value is -1.44. The summed E-state index contributed by atoms with van der Waals surface area (Å²) in [4.78, 5) is 11.6. The van der Waals surface area contributed by atoms with E-state index in [1.807, 2.05) is 20.8 Å². The minimum Gasteiger partial charge on any atom is -0.353 e. The maximum atomic E-state index is 11.5. The van der Waals surface area contributed by atoms with Crippen LogP contribution in [0.2, 0.25) is 0 Å². The Morgan fingerprint density at radius 1 is 1.30 bits per heavy atom. The Balaban J connectivity index is 2.69. The molecule has 1 unspecified atom stereocenters. The fraction of sp³-hybridized carbons (Fsp3) is 0.462. The van der Waals surface area contributed by atoms with Gasteiger partial charge in [-0.3, -0.25) is 4.79 Å².